The number of carbonyl (C=O) groups excluding carboxylic acids is 1. The molecule has 1 amide bonds. The van der Waals surface area contributed by atoms with Crippen LogP contribution < -0.4 is 5.73 Å². The van der Waals surface area contributed by atoms with E-state index in [0.29, 0.717) is 0 Å². The van der Waals surface area contributed by atoms with E-state index in [1.165, 1.54) is 30.3 Å². The Bertz CT molecular complexity index is 589. The Morgan fingerprint density at radius 3 is 2.62 bits per heavy atom. The number of nitrogens with zero attached hydrogens (tertiary/aromatic N) is 3. The molecule has 0 atom stereocenters. The van der Waals surface area contributed by atoms with Crippen molar-refractivity contribution in [2.24, 2.45) is 0 Å². The monoisotopic (exact) mass is 316 g/mol. The van der Waals surface area contributed by atoms with Crippen LogP contribution in [0.4, 0.5) is 5.82 Å². The van der Waals surface area contributed by atoms with Crippen LogP contribution in [-0.2, 0) is 19.6 Å². The molecular weight excluding hydrogens is 296 g/mol. The first kappa shape index (κ1) is 17.3. The van der Waals surface area contributed by atoms with Gasteiger partial charge in [0.1, 0.15) is 10.7 Å². The number of rotatable bonds is 7. The molecule has 0 bridgehead atoms. The second kappa shape index (κ2) is 7.34. The van der Waals surface area contributed by atoms with Crippen molar-refractivity contribution in [3.8, 4) is 0 Å². The third-order valence-electron chi connectivity index (χ3n) is 2.77. The van der Waals surface area contributed by atoms with E-state index in [4.69, 9.17) is 10.5 Å². The van der Waals surface area contributed by atoms with E-state index in [0.717, 1.165) is 4.31 Å². The molecule has 0 unspecified atom stereocenters. The van der Waals surface area contributed by atoms with Gasteiger partial charge < -0.3 is 15.4 Å². The number of methoxy groups -OCH3 is 1. The van der Waals surface area contributed by atoms with Gasteiger partial charge in [-0.15, -0.1) is 0 Å². The molecule has 0 aliphatic heterocycles. The van der Waals surface area contributed by atoms with Crippen LogP contribution in [-0.4, -0.2) is 69.4 Å². The Morgan fingerprint density at radius 1 is 1.43 bits per heavy atom. The number of nitrogen functional groups attached to an aromatic ring is 1. The Morgan fingerprint density at radius 2 is 2.10 bits per heavy atom. The SMILES string of the molecule is COCCN(CC(=O)N(C)C)S(=O)(=O)c1cccnc1N. The van der Waals surface area contributed by atoms with Crippen LogP contribution >= 0.6 is 0 Å². The molecule has 1 aromatic rings. The number of aromatic nitrogens is 1. The van der Waals surface area contributed by atoms with E-state index in [2.05, 4.69) is 4.98 Å². The summed E-state index contributed by atoms with van der Waals surface area (Å²) in [5.74, 6) is -0.436. The lowest BCUT2D eigenvalue weighted by Crippen LogP contribution is -2.42. The first-order valence-corrected chi connectivity index (χ1v) is 7.64. The van der Waals surface area contributed by atoms with E-state index in [9.17, 15) is 13.2 Å². The third kappa shape index (κ3) is 4.38. The predicted molar refractivity (Wildman–Crippen MR) is 78.0 cm³/mol. The standard InChI is InChI=1S/C12H20N4O4S/c1-15(2)11(17)9-16(7-8-20-3)21(18,19)10-5-4-6-14-12(10)13/h4-6H,7-9H2,1-3H3,(H2,13,14). The van der Waals surface area contributed by atoms with Gasteiger partial charge in [0.25, 0.3) is 0 Å². The Hall–Kier alpha value is -1.71. The average molecular weight is 316 g/mol. The number of hydrogen-bond acceptors (Lipinski definition) is 6. The molecule has 0 fully saturated rings. The van der Waals surface area contributed by atoms with Gasteiger partial charge in [0.15, 0.2) is 0 Å². The molecule has 0 saturated heterocycles. The second-order valence-corrected chi connectivity index (χ2v) is 6.41. The van der Waals surface area contributed by atoms with Gasteiger partial charge in [-0.25, -0.2) is 13.4 Å². The number of nitrogens with two attached hydrogens (primary N) is 1. The summed E-state index contributed by atoms with van der Waals surface area (Å²) in [4.78, 5) is 16.8. The van der Waals surface area contributed by atoms with Crippen LogP contribution in [0.25, 0.3) is 0 Å². The molecule has 21 heavy (non-hydrogen) atoms. The zero-order valence-corrected chi connectivity index (χ0v) is 13.1. The van der Waals surface area contributed by atoms with E-state index in [1.54, 1.807) is 14.1 Å². The highest BCUT2D eigenvalue weighted by Crippen LogP contribution is 2.19. The molecule has 0 aromatic carbocycles. The lowest BCUT2D eigenvalue weighted by molar-refractivity contribution is -0.128. The fourth-order valence-corrected chi connectivity index (χ4v) is 2.97. The van der Waals surface area contributed by atoms with E-state index >= 15 is 0 Å². The van der Waals surface area contributed by atoms with Gasteiger partial charge in [-0.3, -0.25) is 4.79 Å². The van der Waals surface area contributed by atoms with Crippen LogP contribution in [0.3, 0.4) is 0 Å². The summed E-state index contributed by atoms with van der Waals surface area (Å²) in [6, 6.07) is 2.84. The van der Waals surface area contributed by atoms with Gasteiger partial charge in [-0.2, -0.15) is 4.31 Å². The summed E-state index contributed by atoms with van der Waals surface area (Å²) in [7, 11) is 0.656. The quantitative estimate of drug-likeness (QED) is 0.719. The van der Waals surface area contributed by atoms with Gasteiger partial charge in [-0.1, -0.05) is 0 Å². The normalized spacial score (nSPS) is 11.6. The maximum Gasteiger partial charge on any atom is 0.247 e. The van der Waals surface area contributed by atoms with Crippen molar-refractivity contribution in [2.45, 2.75) is 4.90 Å². The van der Waals surface area contributed by atoms with E-state index in [-0.39, 0.29) is 36.3 Å². The number of anilines is 1. The van der Waals surface area contributed by atoms with Crippen LogP contribution in [0.2, 0.25) is 0 Å². The minimum absolute atomic E-state index is 0.0484. The molecule has 8 nitrogen and oxygen atoms in total. The lowest BCUT2D eigenvalue weighted by Gasteiger charge is -2.23. The van der Waals surface area contributed by atoms with Crippen molar-refractivity contribution in [1.29, 1.82) is 0 Å². The number of ether oxygens (including phenoxy) is 1. The summed E-state index contributed by atoms with van der Waals surface area (Å²) in [6.07, 6.45) is 1.40. The second-order valence-electron chi connectivity index (χ2n) is 4.51. The number of hydrogen-bond donors (Lipinski definition) is 1. The van der Waals surface area contributed by atoms with Gasteiger partial charge in [-0.05, 0) is 12.1 Å². The first-order valence-electron chi connectivity index (χ1n) is 6.20. The number of pyridine rings is 1. The topological polar surface area (TPSA) is 106 Å². The smallest absolute Gasteiger partial charge is 0.247 e. The first-order chi connectivity index (χ1) is 9.80. The zero-order chi connectivity index (χ0) is 16.0. The largest absolute Gasteiger partial charge is 0.383 e. The van der Waals surface area contributed by atoms with Crippen LogP contribution in [0, 0.1) is 0 Å². The van der Waals surface area contributed by atoms with Gasteiger partial charge in [0.05, 0.1) is 13.2 Å². The van der Waals surface area contributed by atoms with Crippen molar-refractivity contribution in [2.75, 3.05) is 46.6 Å². The highest BCUT2D eigenvalue weighted by molar-refractivity contribution is 7.89. The fourth-order valence-electron chi connectivity index (χ4n) is 1.53. The summed E-state index contributed by atoms with van der Waals surface area (Å²) in [5, 5.41) is 0. The van der Waals surface area contributed by atoms with E-state index in [1.807, 2.05) is 0 Å². The number of carbonyl (C=O) groups is 1. The molecule has 0 aliphatic carbocycles. The van der Waals surface area contributed by atoms with Crippen molar-refractivity contribution in [1.82, 2.24) is 14.2 Å². The molecule has 1 heterocycles. The molecule has 0 radical (unpaired) electrons. The van der Waals surface area contributed by atoms with Crippen molar-refractivity contribution < 1.29 is 17.9 Å². The summed E-state index contributed by atoms with van der Waals surface area (Å²) in [5.41, 5.74) is 5.62. The van der Waals surface area contributed by atoms with Crippen molar-refractivity contribution in [3.63, 3.8) is 0 Å². The summed E-state index contributed by atoms with van der Waals surface area (Å²) >= 11 is 0. The molecular formula is C12H20N4O4S. The van der Waals surface area contributed by atoms with Crippen molar-refractivity contribution in [3.05, 3.63) is 18.3 Å². The van der Waals surface area contributed by atoms with Crippen LogP contribution in [0.5, 0.6) is 0 Å². The highest BCUT2D eigenvalue weighted by Gasteiger charge is 2.29. The summed E-state index contributed by atoms with van der Waals surface area (Å²) in [6.45, 7) is -0.0696. The maximum atomic E-state index is 12.6. The predicted octanol–water partition coefficient (Wildman–Crippen LogP) is -0.611. The summed E-state index contributed by atoms with van der Waals surface area (Å²) < 4.78 is 31.1. The van der Waals surface area contributed by atoms with Crippen molar-refractivity contribution >= 4 is 21.7 Å². The minimum Gasteiger partial charge on any atom is -0.383 e. The van der Waals surface area contributed by atoms with E-state index < -0.39 is 10.0 Å². The highest BCUT2D eigenvalue weighted by atomic mass is 32.2. The Labute approximate surface area is 124 Å². The molecule has 2 N–H and O–H groups in total. The van der Waals surface area contributed by atoms with Gasteiger partial charge in [0, 0.05) is 33.9 Å². The van der Waals surface area contributed by atoms with Gasteiger partial charge >= 0.3 is 0 Å². The number of sulfonamides is 1. The average Bonchev–Trinajstić information content (AvgIpc) is 2.43. The Balaban J connectivity index is 3.12. The molecule has 0 spiro atoms. The number of amides is 1. The van der Waals surface area contributed by atoms with Crippen LogP contribution in [0.15, 0.2) is 23.2 Å². The molecule has 118 valence electrons. The molecule has 1 rings (SSSR count). The molecule has 0 saturated carbocycles. The molecule has 9 heteroatoms. The van der Waals surface area contributed by atoms with Gasteiger partial charge in [0.2, 0.25) is 15.9 Å². The van der Waals surface area contributed by atoms with Crippen LogP contribution in [0.1, 0.15) is 0 Å². The molecule has 1 aromatic heterocycles. The molecule has 0 aliphatic rings. The minimum atomic E-state index is -3.91. The maximum absolute atomic E-state index is 12.6. The zero-order valence-electron chi connectivity index (χ0n) is 12.3. The fraction of sp³-hybridized carbons (Fsp3) is 0.500. The lowest BCUT2D eigenvalue weighted by atomic mass is 10.5. The third-order valence-corrected chi connectivity index (χ3v) is 4.67. The Kier molecular flexibility index (Phi) is 6.06. The number of likely N-dealkylation sites (N-methyl/N-ethyl adjacent to an activating group) is 1.